The molecule has 2 atom stereocenters. The number of ether oxygens (including phenoxy) is 1. The average Bonchev–Trinajstić information content (AvgIpc) is 3.16. The van der Waals surface area contributed by atoms with Crippen LogP contribution < -0.4 is 10.1 Å². The number of likely N-dealkylation sites (tertiary alicyclic amines) is 1. The molecule has 2 aliphatic rings. The molecule has 1 saturated heterocycles. The van der Waals surface area contributed by atoms with E-state index < -0.39 is 0 Å². The van der Waals surface area contributed by atoms with Crippen LogP contribution in [0.2, 0.25) is 0 Å². The summed E-state index contributed by atoms with van der Waals surface area (Å²) >= 11 is 0. The lowest BCUT2D eigenvalue weighted by Gasteiger charge is -2.27. The molecule has 23 heavy (non-hydrogen) atoms. The van der Waals surface area contributed by atoms with Crippen molar-refractivity contribution in [2.45, 2.75) is 51.1 Å². The molecule has 1 aromatic rings. The monoisotopic (exact) mass is 317 g/mol. The molecular weight excluding hydrogens is 290 g/mol. The van der Waals surface area contributed by atoms with Crippen molar-refractivity contribution in [2.24, 2.45) is 5.92 Å². The average molecular weight is 317 g/mol. The predicted octanol–water partition coefficient (Wildman–Crippen LogP) is 2.15. The number of nitrogens with one attached hydrogen (secondary N) is 1. The number of rotatable bonds is 6. The molecule has 1 amide bonds. The van der Waals surface area contributed by atoms with E-state index >= 15 is 0 Å². The van der Waals surface area contributed by atoms with Crippen LogP contribution >= 0.6 is 0 Å². The molecule has 1 aliphatic heterocycles. The molecule has 1 saturated carbocycles. The fourth-order valence-corrected chi connectivity index (χ4v) is 3.40. The van der Waals surface area contributed by atoms with E-state index in [-0.39, 0.29) is 17.4 Å². The minimum absolute atomic E-state index is 0.0246. The first-order valence-corrected chi connectivity index (χ1v) is 8.57. The lowest BCUT2D eigenvalue weighted by molar-refractivity contribution is -0.127. The first kappa shape index (κ1) is 16.2. The molecule has 5 heteroatoms. The standard InChI is InChI=1S/C18H27N3O2/c1-13-6-4-10-19-17(13)23-12-18(8-9-18)20-16(22)14(2)15-7-5-11-21(15)3/h4,6,10,14-15H,5,7-9,11-12H2,1-3H3,(H,20,22)/t14?,15-/m0/s1. The number of hydrogen-bond donors (Lipinski definition) is 1. The Balaban J connectivity index is 1.54. The van der Waals surface area contributed by atoms with Crippen molar-refractivity contribution >= 4 is 5.91 Å². The van der Waals surface area contributed by atoms with Gasteiger partial charge in [-0.3, -0.25) is 4.79 Å². The van der Waals surface area contributed by atoms with Crippen LogP contribution in [0, 0.1) is 12.8 Å². The number of aromatic nitrogens is 1. The Labute approximate surface area is 138 Å². The van der Waals surface area contributed by atoms with Crippen LogP contribution in [0.3, 0.4) is 0 Å². The third kappa shape index (κ3) is 3.66. The van der Waals surface area contributed by atoms with Crippen LogP contribution in [0.15, 0.2) is 18.3 Å². The van der Waals surface area contributed by atoms with Gasteiger partial charge in [0.2, 0.25) is 11.8 Å². The van der Waals surface area contributed by atoms with Crippen LogP contribution in [0.4, 0.5) is 0 Å². The molecule has 1 aliphatic carbocycles. The number of carbonyl (C=O) groups is 1. The molecule has 0 aromatic carbocycles. The van der Waals surface area contributed by atoms with Crippen molar-refractivity contribution in [1.82, 2.24) is 15.2 Å². The van der Waals surface area contributed by atoms with Gasteiger partial charge in [-0.25, -0.2) is 4.98 Å². The van der Waals surface area contributed by atoms with Crippen molar-refractivity contribution in [2.75, 3.05) is 20.2 Å². The van der Waals surface area contributed by atoms with E-state index in [4.69, 9.17) is 4.74 Å². The number of amides is 1. The first-order valence-electron chi connectivity index (χ1n) is 8.57. The zero-order valence-electron chi connectivity index (χ0n) is 14.3. The van der Waals surface area contributed by atoms with E-state index in [1.54, 1.807) is 6.20 Å². The molecule has 0 spiro atoms. The van der Waals surface area contributed by atoms with Gasteiger partial charge < -0.3 is 15.0 Å². The summed E-state index contributed by atoms with van der Waals surface area (Å²) in [5.41, 5.74) is 0.836. The van der Waals surface area contributed by atoms with E-state index in [0.29, 0.717) is 18.5 Å². The third-order valence-electron chi connectivity index (χ3n) is 5.26. The number of aryl methyl sites for hydroxylation is 1. The lowest BCUT2D eigenvalue weighted by atomic mass is 9.98. The van der Waals surface area contributed by atoms with Gasteiger partial charge in [0.15, 0.2) is 0 Å². The highest BCUT2D eigenvalue weighted by Crippen LogP contribution is 2.37. The minimum atomic E-state index is -0.188. The molecule has 3 rings (SSSR count). The maximum Gasteiger partial charge on any atom is 0.224 e. The van der Waals surface area contributed by atoms with E-state index in [2.05, 4.69) is 22.2 Å². The predicted molar refractivity (Wildman–Crippen MR) is 89.4 cm³/mol. The maximum absolute atomic E-state index is 12.6. The Kier molecular flexibility index (Phi) is 4.57. The Bertz CT molecular complexity index is 571. The summed E-state index contributed by atoms with van der Waals surface area (Å²) in [5.74, 6) is 0.843. The van der Waals surface area contributed by atoms with Crippen molar-refractivity contribution in [3.8, 4) is 5.88 Å². The maximum atomic E-state index is 12.6. The fourth-order valence-electron chi connectivity index (χ4n) is 3.40. The zero-order valence-corrected chi connectivity index (χ0v) is 14.3. The van der Waals surface area contributed by atoms with Gasteiger partial charge >= 0.3 is 0 Å². The molecule has 126 valence electrons. The van der Waals surface area contributed by atoms with E-state index in [0.717, 1.165) is 31.4 Å². The molecule has 1 aromatic heterocycles. The number of carbonyl (C=O) groups excluding carboxylic acids is 1. The van der Waals surface area contributed by atoms with Crippen molar-refractivity contribution in [3.63, 3.8) is 0 Å². The van der Waals surface area contributed by atoms with E-state index in [1.807, 2.05) is 26.0 Å². The Morgan fingerprint density at radius 1 is 1.57 bits per heavy atom. The summed E-state index contributed by atoms with van der Waals surface area (Å²) in [6.07, 6.45) is 6.00. The summed E-state index contributed by atoms with van der Waals surface area (Å²) in [6, 6.07) is 4.25. The SMILES string of the molecule is Cc1cccnc1OCC1(NC(=O)C(C)[C@@H]2CCCN2C)CC1. The van der Waals surface area contributed by atoms with Crippen molar-refractivity contribution in [3.05, 3.63) is 23.9 Å². The minimum Gasteiger partial charge on any atom is -0.475 e. The molecule has 1 unspecified atom stereocenters. The zero-order chi connectivity index (χ0) is 16.4. The van der Waals surface area contributed by atoms with E-state index in [9.17, 15) is 4.79 Å². The van der Waals surface area contributed by atoms with Crippen LogP contribution in [-0.4, -0.2) is 47.6 Å². The van der Waals surface area contributed by atoms with E-state index in [1.165, 1.54) is 6.42 Å². The first-order chi connectivity index (χ1) is 11.0. The highest BCUT2D eigenvalue weighted by Gasteiger charge is 2.46. The lowest BCUT2D eigenvalue weighted by Crippen LogP contribution is -2.48. The van der Waals surface area contributed by atoms with Crippen molar-refractivity contribution < 1.29 is 9.53 Å². The molecule has 2 fully saturated rings. The Hall–Kier alpha value is -1.62. The second kappa shape index (κ2) is 6.48. The summed E-state index contributed by atoms with van der Waals surface area (Å²) < 4.78 is 5.86. The smallest absolute Gasteiger partial charge is 0.224 e. The largest absolute Gasteiger partial charge is 0.475 e. The quantitative estimate of drug-likeness (QED) is 0.873. The van der Waals surface area contributed by atoms with Gasteiger partial charge in [-0.15, -0.1) is 0 Å². The molecule has 0 bridgehead atoms. The molecule has 0 radical (unpaired) electrons. The number of nitrogens with zero attached hydrogens (tertiary/aromatic N) is 2. The Morgan fingerprint density at radius 3 is 2.96 bits per heavy atom. The summed E-state index contributed by atoms with van der Waals surface area (Å²) in [7, 11) is 2.11. The second-order valence-electron chi connectivity index (χ2n) is 7.16. The number of hydrogen-bond acceptors (Lipinski definition) is 4. The second-order valence-corrected chi connectivity index (χ2v) is 7.16. The highest BCUT2D eigenvalue weighted by atomic mass is 16.5. The topological polar surface area (TPSA) is 54.5 Å². The van der Waals surface area contributed by atoms with Gasteiger partial charge in [0.05, 0.1) is 11.5 Å². The molecule has 1 N–H and O–H groups in total. The molecule has 2 heterocycles. The summed E-state index contributed by atoms with van der Waals surface area (Å²) in [6.45, 7) is 5.62. The van der Waals surface area contributed by atoms with Gasteiger partial charge in [-0.2, -0.15) is 0 Å². The van der Waals surface area contributed by atoms with Crippen molar-refractivity contribution in [1.29, 1.82) is 0 Å². The van der Waals surface area contributed by atoms with Gasteiger partial charge in [0.1, 0.15) is 6.61 Å². The van der Waals surface area contributed by atoms with Crippen LogP contribution in [-0.2, 0) is 4.79 Å². The third-order valence-corrected chi connectivity index (χ3v) is 5.26. The molecular formula is C18H27N3O2. The fraction of sp³-hybridized carbons (Fsp3) is 0.667. The summed E-state index contributed by atoms with van der Waals surface area (Å²) in [5, 5.41) is 3.24. The van der Waals surface area contributed by atoms with Crippen LogP contribution in [0.25, 0.3) is 0 Å². The van der Waals surface area contributed by atoms with Crippen LogP contribution in [0.5, 0.6) is 5.88 Å². The van der Waals surface area contributed by atoms with Gasteiger partial charge in [-0.05, 0) is 52.3 Å². The van der Waals surface area contributed by atoms with Gasteiger partial charge in [0.25, 0.3) is 0 Å². The van der Waals surface area contributed by atoms with Crippen LogP contribution in [0.1, 0.15) is 38.2 Å². The Morgan fingerprint density at radius 2 is 2.35 bits per heavy atom. The summed E-state index contributed by atoms with van der Waals surface area (Å²) in [4.78, 5) is 19.2. The normalized spacial score (nSPS) is 24.2. The van der Waals surface area contributed by atoms with Gasteiger partial charge in [-0.1, -0.05) is 13.0 Å². The van der Waals surface area contributed by atoms with Gasteiger partial charge in [0, 0.05) is 17.8 Å². The number of pyridine rings is 1. The highest BCUT2D eigenvalue weighted by molar-refractivity contribution is 5.80. The molecule has 5 nitrogen and oxygen atoms in total.